The lowest BCUT2D eigenvalue weighted by molar-refractivity contribution is 0.590. The van der Waals surface area contributed by atoms with Gasteiger partial charge in [-0.15, -0.1) is 11.3 Å². The smallest absolute Gasteiger partial charge is 0.214 e. The van der Waals surface area contributed by atoms with E-state index in [4.69, 9.17) is 0 Å². The maximum absolute atomic E-state index is 11.6. The Balaban J connectivity index is 2.19. The van der Waals surface area contributed by atoms with E-state index < -0.39 is 10.0 Å². The van der Waals surface area contributed by atoms with Crippen molar-refractivity contribution in [2.75, 3.05) is 7.05 Å². The Hall–Kier alpha value is -0.340. The number of thiophene rings is 1. The molecule has 0 amide bonds. The molecule has 0 bridgehead atoms. The molecular formula is C11H10BrNO2S3. The van der Waals surface area contributed by atoms with E-state index in [1.165, 1.54) is 18.4 Å². The Morgan fingerprint density at radius 1 is 1.17 bits per heavy atom. The maximum Gasteiger partial charge on any atom is 0.249 e. The van der Waals surface area contributed by atoms with Crippen molar-refractivity contribution in [3.05, 3.63) is 40.9 Å². The number of hydrogen-bond acceptors (Lipinski definition) is 4. The van der Waals surface area contributed by atoms with Gasteiger partial charge < -0.3 is 0 Å². The summed E-state index contributed by atoms with van der Waals surface area (Å²) in [5.74, 6) is 0. The van der Waals surface area contributed by atoms with Gasteiger partial charge in [0.1, 0.15) is 4.21 Å². The summed E-state index contributed by atoms with van der Waals surface area (Å²) in [5, 5.41) is 0. The monoisotopic (exact) mass is 363 g/mol. The molecule has 3 nitrogen and oxygen atoms in total. The summed E-state index contributed by atoms with van der Waals surface area (Å²) in [7, 11) is -1.92. The van der Waals surface area contributed by atoms with Crippen LogP contribution in [0.2, 0.25) is 0 Å². The van der Waals surface area contributed by atoms with Crippen molar-refractivity contribution in [2.24, 2.45) is 0 Å². The van der Waals surface area contributed by atoms with Crippen molar-refractivity contribution in [2.45, 2.75) is 13.3 Å². The molecule has 2 rings (SSSR count). The first-order valence-corrected chi connectivity index (χ1v) is 8.89. The fourth-order valence-corrected chi connectivity index (χ4v) is 4.89. The van der Waals surface area contributed by atoms with Gasteiger partial charge in [0.2, 0.25) is 10.0 Å². The lowest BCUT2D eigenvalue weighted by Gasteiger charge is -1.99. The molecule has 1 N–H and O–H groups in total. The quantitative estimate of drug-likeness (QED) is 0.902. The van der Waals surface area contributed by atoms with Crippen molar-refractivity contribution >= 4 is 49.1 Å². The highest BCUT2D eigenvalue weighted by Crippen LogP contribution is 2.35. The summed E-state index contributed by atoms with van der Waals surface area (Å²) >= 11 is 6.19. The predicted molar refractivity (Wildman–Crippen MR) is 78.8 cm³/mol. The summed E-state index contributed by atoms with van der Waals surface area (Å²) in [6.07, 6.45) is 0. The molecule has 0 saturated heterocycles. The Bertz CT molecular complexity index is 635. The summed E-state index contributed by atoms with van der Waals surface area (Å²) in [5.41, 5.74) is 0. The molecule has 0 atom stereocenters. The van der Waals surface area contributed by atoms with Crippen molar-refractivity contribution in [3.63, 3.8) is 0 Å². The molecule has 1 heterocycles. The zero-order valence-electron chi connectivity index (χ0n) is 9.38. The normalized spacial score (nSPS) is 11.7. The molecule has 1 aromatic heterocycles. The molecule has 2 aromatic rings. The third-order valence-corrected chi connectivity index (χ3v) is 6.78. The van der Waals surface area contributed by atoms with E-state index in [0.717, 1.165) is 13.6 Å². The van der Waals surface area contributed by atoms with Crippen LogP contribution in [0.15, 0.2) is 54.2 Å². The average molecular weight is 364 g/mol. The average Bonchev–Trinajstić information content (AvgIpc) is 2.81. The standard InChI is InChI=1S/C11H10BrNO2S3/c1-13-18(14,15)11-7-6-10(17-11)16-9-4-2-8(12)3-5-9/h2-7,13H,1H3. The molecule has 0 aliphatic heterocycles. The van der Waals surface area contributed by atoms with E-state index in [-0.39, 0.29) is 0 Å². The van der Waals surface area contributed by atoms with Crippen molar-refractivity contribution in [3.8, 4) is 0 Å². The molecule has 7 heteroatoms. The summed E-state index contributed by atoms with van der Waals surface area (Å²) in [6.45, 7) is 0. The minimum absolute atomic E-state index is 0.338. The first kappa shape index (κ1) is 14.1. The predicted octanol–water partition coefficient (Wildman–Crippen LogP) is 3.57. The van der Waals surface area contributed by atoms with Gasteiger partial charge in [-0.25, -0.2) is 13.1 Å². The second-order valence-corrected chi connectivity index (χ2v) is 8.82. The van der Waals surface area contributed by atoms with Crippen LogP contribution in [-0.2, 0) is 10.0 Å². The summed E-state index contributed by atoms with van der Waals surface area (Å²) < 4.78 is 27.8. The second-order valence-electron chi connectivity index (χ2n) is 3.34. The number of rotatable bonds is 4. The van der Waals surface area contributed by atoms with Gasteiger partial charge >= 0.3 is 0 Å². The van der Waals surface area contributed by atoms with E-state index in [1.807, 2.05) is 30.3 Å². The number of halogens is 1. The lowest BCUT2D eigenvalue weighted by atomic mass is 10.4. The van der Waals surface area contributed by atoms with Gasteiger partial charge in [0, 0.05) is 9.37 Å². The van der Waals surface area contributed by atoms with Gasteiger partial charge in [0.15, 0.2) is 0 Å². The van der Waals surface area contributed by atoms with Gasteiger partial charge in [-0.3, -0.25) is 0 Å². The number of sulfonamides is 1. The van der Waals surface area contributed by atoms with Crippen LogP contribution in [0.3, 0.4) is 0 Å². The molecular weight excluding hydrogens is 354 g/mol. The van der Waals surface area contributed by atoms with Gasteiger partial charge in [0.25, 0.3) is 0 Å². The largest absolute Gasteiger partial charge is 0.249 e. The van der Waals surface area contributed by atoms with Gasteiger partial charge in [-0.1, -0.05) is 27.7 Å². The second kappa shape index (κ2) is 5.75. The highest BCUT2D eigenvalue weighted by Gasteiger charge is 2.14. The summed E-state index contributed by atoms with van der Waals surface area (Å²) in [4.78, 5) is 1.08. The third kappa shape index (κ3) is 3.36. The first-order valence-electron chi connectivity index (χ1n) is 4.98. The SMILES string of the molecule is CNS(=O)(=O)c1ccc(Sc2ccc(Br)cc2)s1. The minimum atomic E-state index is -3.33. The molecule has 96 valence electrons. The van der Waals surface area contributed by atoms with Crippen LogP contribution in [0.1, 0.15) is 0 Å². The fourth-order valence-electron chi connectivity index (χ4n) is 1.22. The molecule has 0 saturated carbocycles. The molecule has 0 unspecified atom stereocenters. The molecule has 0 aliphatic carbocycles. The van der Waals surface area contributed by atoms with Crippen molar-refractivity contribution in [1.29, 1.82) is 0 Å². The van der Waals surface area contributed by atoms with Crippen LogP contribution in [0.5, 0.6) is 0 Å². The Kier molecular flexibility index (Phi) is 4.50. The van der Waals surface area contributed by atoms with Crippen LogP contribution in [0, 0.1) is 0 Å². The molecule has 0 radical (unpaired) electrons. The number of benzene rings is 1. The number of nitrogens with one attached hydrogen (secondary N) is 1. The van der Waals surface area contributed by atoms with E-state index in [9.17, 15) is 8.42 Å². The lowest BCUT2D eigenvalue weighted by Crippen LogP contribution is -2.17. The van der Waals surface area contributed by atoms with Crippen molar-refractivity contribution in [1.82, 2.24) is 4.72 Å². The van der Waals surface area contributed by atoms with Crippen LogP contribution in [-0.4, -0.2) is 15.5 Å². The van der Waals surface area contributed by atoms with E-state index in [2.05, 4.69) is 20.7 Å². The molecule has 0 aliphatic rings. The highest BCUT2D eigenvalue weighted by atomic mass is 79.9. The van der Waals surface area contributed by atoms with Crippen LogP contribution < -0.4 is 4.72 Å². The number of hydrogen-bond donors (Lipinski definition) is 1. The van der Waals surface area contributed by atoms with Crippen molar-refractivity contribution < 1.29 is 8.42 Å². The maximum atomic E-state index is 11.6. The minimum Gasteiger partial charge on any atom is -0.214 e. The Labute approximate surface area is 123 Å². The van der Waals surface area contributed by atoms with E-state index >= 15 is 0 Å². The zero-order chi connectivity index (χ0) is 13.2. The molecule has 18 heavy (non-hydrogen) atoms. The first-order chi connectivity index (χ1) is 8.51. The summed E-state index contributed by atoms with van der Waals surface area (Å²) in [6, 6.07) is 11.3. The molecule has 1 aromatic carbocycles. The highest BCUT2D eigenvalue weighted by molar-refractivity contribution is 9.10. The van der Waals surface area contributed by atoms with Crippen LogP contribution in [0.4, 0.5) is 0 Å². The Morgan fingerprint density at radius 3 is 2.44 bits per heavy atom. The van der Waals surface area contributed by atoms with Gasteiger partial charge in [-0.2, -0.15) is 0 Å². The van der Waals surface area contributed by atoms with E-state index in [1.54, 1.807) is 17.8 Å². The topological polar surface area (TPSA) is 46.2 Å². The van der Waals surface area contributed by atoms with Crippen LogP contribution >= 0.6 is 39.0 Å². The third-order valence-electron chi connectivity index (χ3n) is 2.12. The van der Waals surface area contributed by atoms with E-state index in [0.29, 0.717) is 4.21 Å². The van der Waals surface area contributed by atoms with Gasteiger partial charge in [0.05, 0.1) is 4.21 Å². The Morgan fingerprint density at radius 2 is 1.83 bits per heavy atom. The fraction of sp³-hybridized carbons (Fsp3) is 0.0909. The zero-order valence-corrected chi connectivity index (χ0v) is 13.4. The van der Waals surface area contributed by atoms with Gasteiger partial charge in [-0.05, 0) is 43.4 Å². The molecule has 0 fully saturated rings. The van der Waals surface area contributed by atoms with Crippen LogP contribution in [0.25, 0.3) is 0 Å². The molecule has 0 spiro atoms.